The normalized spacial score (nSPS) is 14.6. The number of amides is 3. The summed E-state index contributed by atoms with van der Waals surface area (Å²) in [7, 11) is 0. The van der Waals surface area contributed by atoms with E-state index in [2.05, 4.69) is 15.5 Å². The number of fused-ring (bicyclic) bond motifs is 2. The Kier molecular flexibility index (Phi) is 7.24. The van der Waals surface area contributed by atoms with Gasteiger partial charge in [0, 0.05) is 53.7 Å². The molecule has 0 spiro atoms. The largest absolute Gasteiger partial charge is 0.457 e. The molecule has 0 unspecified atom stereocenters. The van der Waals surface area contributed by atoms with Gasteiger partial charge in [-0.1, -0.05) is 59.6 Å². The summed E-state index contributed by atoms with van der Waals surface area (Å²) in [6, 6.07) is 27.6. The second-order valence-electron chi connectivity index (χ2n) is 9.67. The Morgan fingerprint density at radius 1 is 0.750 bits per heavy atom. The van der Waals surface area contributed by atoms with Crippen LogP contribution in [0.3, 0.4) is 0 Å². The summed E-state index contributed by atoms with van der Waals surface area (Å²) in [5.74, 6) is 1.18. The molecule has 2 aliphatic rings. The Bertz CT molecular complexity index is 1520. The number of hydrogen-bond donors (Lipinski definition) is 2. The van der Waals surface area contributed by atoms with Gasteiger partial charge in [0.25, 0.3) is 0 Å². The van der Waals surface area contributed by atoms with E-state index in [0.717, 1.165) is 28.3 Å². The fourth-order valence-corrected chi connectivity index (χ4v) is 5.63. The van der Waals surface area contributed by atoms with Crippen LogP contribution in [-0.4, -0.2) is 43.0 Å². The van der Waals surface area contributed by atoms with E-state index in [-0.39, 0.29) is 11.8 Å². The Hall–Kier alpha value is -4.20. The monoisotopic (exact) mass is 572 g/mol. The second kappa shape index (κ2) is 11.1. The standard InChI is InChI=1S/C31H26Cl2N4O3/c32-20-9-14-26(25(33)19-20)35-31(39)34-21-10-12-22(13-11-21)36-15-17-37(18-16-36)30(38)29-23-5-1-3-7-27(23)40-28-8-4-2-6-24(28)29/h1-14,19,29H,15-18H2,(H2,34,35,39). The van der Waals surface area contributed by atoms with E-state index in [1.807, 2.05) is 77.7 Å². The highest BCUT2D eigenvalue weighted by Crippen LogP contribution is 2.44. The second-order valence-corrected chi connectivity index (χ2v) is 10.5. The van der Waals surface area contributed by atoms with Gasteiger partial charge >= 0.3 is 6.03 Å². The number of para-hydroxylation sites is 2. The number of nitrogens with zero attached hydrogens (tertiary/aromatic N) is 2. The zero-order chi connectivity index (χ0) is 27.6. The number of rotatable bonds is 4. The van der Waals surface area contributed by atoms with Crippen molar-refractivity contribution in [2.45, 2.75) is 5.92 Å². The number of anilines is 3. The molecular weight excluding hydrogens is 547 g/mol. The van der Waals surface area contributed by atoms with Gasteiger partial charge in [-0.25, -0.2) is 4.79 Å². The lowest BCUT2D eigenvalue weighted by Crippen LogP contribution is -2.50. The molecule has 40 heavy (non-hydrogen) atoms. The maximum atomic E-state index is 13.8. The molecule has 6 rings (SSSR count). The highest BCUT2D eigenvalue weighted by Gasteiger charge is 2.36. The SMILES string of the molecule is O=C(Nc1ccc(N2CCN(C(=O)C3c4ccccc4Oc4ccccc43)CC2)cc1)Nc1ccc(Cl)cc1Cl. The molecule has 0 aromatic heterocycles. The van der Waals surface area contributed by atoms with E-state index in [0.29, 0.717) is 47.6 Å². The van der Waals surface area contributed by atoms with Gasteiger partial charge in [0.15, 0.2) is 0 Å². The van der Waals surface area contributed by atoms with E-state index >= 15 is 0 Å². The van der Waals surface area contributed by atoms with Gasteiger partial charge in [0.05, 0.1) is 16.6 Å². The lowest BCUT2D eigenvalue weighted by Gasteiger charge is -2.38. The Morgan fingerprint density at radius 2 is 1.38 bits per heavy atom. The Balaban J connectivity index is 1.08. The molecule has 4 aromatic carbocycles. The average Bonchev–Trinajstić information content (AvgIpc) is 2.97. The summed E-state index contributed by atoms with van der Waals surface area (Å²) in [5.41, 5.74) is 3.95. The van der Waals surface area contributed by atoms with Crippen LogP contribution in [0.25, 0.3) is 0 Å². The molecule has 2 N–H and O–H groups in total. The topological polar surface area (TPSA) is 73.9 Å². The lowest BCUT2D eigenvalue weighted by atomic mass is 9.86. The predicted octanol–water partition coefficient (Wildman–Crippen LogP) is 7.22. The summed E-state index contributed by atoms with van der Waals surface area (Å²) < 4.78 is 6.07. The van der Waals surface area contributed by atoms with Crippen LogP contribution in [0.5, 0.6) is 11.5 Å². The van der Waals surface area contributed by atoms with E-state index in [1.54, 1.807) is 18.2 Å². The van der Waals surface area contributed by atoms with Crippen LogP contribution in [0.15, 0.2) is 91.0 Å². The Labute approximate surface area is 242 Å². The van der Waals surface area contributed by atoms with Crippen LogP contribution in [0.1, 0.15) is 17.0 Å². The van der Waals surface area contributed by atoms with E-state index < -0.39 is 6.03 Å². The molecule has 7 nitrogen and oxygen atoms in total. The fourth-order valence-electron chi connectivity index (χ4n) is 5.17. The minimum absolute atomic E-state index is 0.0919. The zero-order valence-electron chi connectivity index (χ0n) is 21.4. The van der Waals surface area contributed by atoms with Crippen molar-refractivity contribution in [3.05, 3.63) is 112 Å². The zero-order valence-corrected chi connectivity index (χ0v) is 23.0. The summed E-state index contributed by atoms with van der Waals surface area (Å²) in [6.07, 6.45) is 0. The van der Waals surface area contributed by atoms with E-state index in [9.17, 15) is 9.59 Å². The molecule has 3 amide bonds. The summed E-state index contributed by atoms with van der Waals surface area (Å²) in [6.45, 7) is 2.65. The molecule has 1 saturated heterocycles. The molecule has 2 aliphatic heterocycles. The average molecular weight is 573 g/mol. The molecule has 1 fully saturated rings. The Morgan fingerprint density at radius 3 is 2.00 bits per heavy atom. The van der Waals surface area contributed by atoms with Crippen LogP contribution >= 0.6 is 23.2 Å². The molecule has 0 aliphatic carbocycles. The number of piperazine rings is 1. The van der Waals surface area contributed by atoms with Gasteiger partial charge in [-0.05, 0) is 54.6 Å². The first-order valence-electron chi connectivity index (χ1n) is 13.0. The summed E-state index contributed by atoms with van der Waals surface area (Å²) in [4.78, 5) is 30.4. The molecule has 202 valence electrons. The van der Waals surface area contributed by atoms with Crippen LogP contribution in [0.4, 0.5) is 21.9 Å². The molecular formula is C31H26Cl2N4O3. The highest BCUT2D eigenvalue weighted by atomic mass is 35.5. The number of carbonyl (C=O) groups excluding carboxylic acids is 2. The third-order valence-electron chi connectivity index (χ3n) is 7.19. The van der Waals surface area contributed by atoms with E-state index in [4.69, 9.17) is 27.9 Å². The van der Waals surface area contributed by atoms with Crippen molar-refractivity contribution < 1.29 is 14.3 Å². The minimum Gasteiger partial charge on any atom is -0.457 e. The van der Waals surface area contributed by atoms with Crippen LogP contribution < -0.4 is 20.3 Å². The van der Waals surface area contributed by atoms with Crippen molar-refractivity contribution in [3.63, 3.8) is 0 Å². The first-order chi connectivity index (χ1) is 19.5. The number of hydrogen-bond acceptors (Lipinski definition) is 4. The third-order valence-corrected chi connectivity index (χ3v) is 7.74. The van der Waals surface area contributed by atoms with Gasteiger partial charge in [-0.3, -0.25) is 4.79 Å². The minimum atomic E-state index is -0.402. The van der Waals surface area contributed by atoms with Crippen molar-refractivity contribution in [3.8, 4) is 11.5 Å². The first kappa shape index (κ1) is 26.0. The third kappa shape index (κ3) is 5.30. The number of ether oxygens (including phenoxy) is 1. The van der Waals surface area contributed by atoms with Crippen molar-refractivity contribution in [2.75, 3.05) is 41.7 Å². The molecule has 9 heteroatoms. The maximum Gasteiger partial charge on any atom is 0.323 e. The number of nitrogens with one attached hydrogen (secondary N) is 2. The van der Waals surface area contributed by atoms with Crippen molar-refractivity contribution in [1.82, 2.24) is 4.90 Å². The maximum absolute atomic E-state index is 13.8. The number of carbonyl (C=O) groups is 2. The predicted molar refractivity (Wildman–Crippen MR) is 159 cm³/mol. The van der Waals surface area contributed by atoms with Crippen molar-refractivity contribution >= 4 is 52.2 Å². The van der Waals surface area contributed by atoms with Gasteiger partial charge < -0.3 is 25.2 Å². The summed E-state index contributed by atoms with van der Waals surface area (Å²) in [5, 5.41) is 6.39. The summed E-state index contributed by atoms with van der Waals surface area (Å²) >= 11 is 12.1. The van der Waals surface area contributed by atoms with E-state index in [1.165, 1.54) is 0 Å². The van der Waals surface area contributed by atoms with Crippen LogP contribution in [0.2, 0.25) is 10.0 Å². The fraction of sp³-hybridized carbons (Fsp3) is 0.161. The molecule has 2 heterocycles. The molecule has 0 bridgehead atoms. The van der Waals surface area contributed by atoms with Crippen LogP contribution in [0, 0.1) is 0 Å². The molecule has 0 atom stereocenters. The molecule has 0 radical (unpaired) electrons. The number of halogens is 2. The van der Waals surface area contributed by atoms with Gasteiger partial charge in [-0.15, -0.1) is 0 Å². The van der Waals surface area contributed by atoms with Gasteiger partial charge in [-0.2, -0.15) is 0 Å². The number of urea groups is 1. The first-order valence-corrected chi connectivity index (χ1v) is 13.7. The highest BCUT2D eigenvalue weighted by molar-refractivity contribution is 6.36. The molecule has 4 aromatic rings. The number of benzene rings is 4. The lowest BCUT2D eigenvalue weighted by molar-refractivity contribution is -0.132. The van der Waals surface area contributed by atoms with Gasteiger partial charge in [0.1, 0.15) is 11.5 Å². The van der Waals surface area contributed by atoms with Gasteiger partial charge in [0.2, 0.25) is 5.91 Å². The van der Waals surface area contributed by atoms with Crippen molar-refractivity contribution in [2.24, 2.45) is 0 Å². The van der Waals surface area contributed by atoms with Crippen LogP contribution in [-0.2, 0) is 4.79 Å². The molecule has 0 saturated carbocycles. The van der Waals surface area contributed by atoms with Crippen molar-refractivity contribution in [1.29, 1.82) is 0 Å². The quantitative estimate of drug-likeness (QED) is 0.270. The smallest absolute Gasteiger partial charge is 0.323 e.